The van der Waals surface area contributed by atoms with E-state index in [0.29, 0.717) is 6.42 Å². The van der Waals surface area contributed by atoms with Crippen LogP contribution in [-0.4, -0.2) is 46.5 Å². The van der Waals surface area contributed by atoms with E-state index in [1.807, 2.05) is 6.92 Å². The summed E-state index contributed by atoms with van der Waals surface area (Å²) in [6.07, 6.45) is 1.72. The Labute approximate surface area is 94.3 Å². The number of aliphatic hydroxyl groups excluding tert-OH is 2. The molecule has 0 aromatic heterocycles. The van der Waals surface area contributed by atoms with Crippen molar-refractivity contribution >= 4 is 11.9 Å². The first-order chi connectivity index (χ1) is 7.56. The summed E-state index contributed by atoms with van der Waals surface area (Å²) >= 11 is 0. The van der Waals surface area contributed by atoms with E-state index in [2.05, 4.69) is 5.32 Å². The van der Waals surface area contributed by atoms with Gasteiger partial charge in [0.15, 0.2) is 0 Å². The average Bonchev–Trinajstić information content (AvgIpc) is 2.25. The van der Waals surface area contributed by atoms with Gasteiger partial charge in [0.2, 0.25) is 5.91 Å². The molecule has 4 N–H and O–H groups in total. The Morgan fingerprint density at radius 3 is 2.19 bits per heavy atom. The van der Waals surface area contributed by atoms with Crippen LogP contribution in [-0.2, 0) is 9.59 Å². The van der Waals surface area contributed by atoms with E-state index in [0.717, 1.165) is 6.42 Å². The summed E-state index contributed by atoms with van der Waals surface area (Å²) in [5.74, 6) is -2.95. The fourth-order valence-corrected chi connectivity index (χ4v) is 1.23. The number of hydrogen-bond donors (Lipinski definition) is 4. The Kier molecular flexibility index (Phi) is 7.49. The number of carbonyl (C=O) groups excluding carboxylic acids is 1. The molecule has 0 aliphatic heterocycles. The number of carboxylic acid groups (broad SMARTS) is 1. The maximum Gasteiger partial charge on any atom is 0.316 e. The smallest absolute Gasteiger partial charge is 0.316 e. The van der Waals surface area contributed by atoms with E-state index >= 15 is 0 Å². The van der Waals surface area contributed by atoms with E-state index in [-0.39, 0.29) is 6.42 Å². The summed E-state index contributed by atoms with van der Waals surface area (Å²) < 4.78 is 0. The molecule has 1 atom stereocenters. The van der Waals surface area contributed by atoms with Gasteiger partial charge in [-0.1, -0.05) is 19.8 Å². The Balaban J connectivity index is 4.31. The lowest BCUT2D eigenvalue weighted by Gasteiger charge is -2.17. The summed E-state index contributed by atoms with van der Waals surface area (Å²) in [4.78, 5) is 22.3. The molecule has 0 spiro atoms. The van der Waals surface area contributed by atoms with Crippen molar-refractivity contribution in [2.75, 3.05) is 13.2 Å². The molecule has 6 heteroatoms. The summed E-state index contributed by atoms with van der Waals surface area (Å²) in [6.45, 7) is 1.08. The summed E-state index contributed by atoms with van der Waals surface area (Å²) in [7, 11) is 0. The van der Waals surface area contributed by atoms with Crippen molar-refractivity contribution in [3.8, 4) is 0 Å². The first-order valence-corrected chi connectivity index (χ1v) is 5.31. The van der Waals surface area contributed by atoms with Gasteiger partial charge in [-0.15, -0.1) is 0 Å². The Morgan fingerprint density at radius 2 is 1.81 bits per heavy atom. The van der Waals surface area contributed by atoms with E-state index in [1.165, 1.54) is 0 Å². The van der Waals surface area contributed by atoms with Crippen LogP contribution in [0.2, 0.25) is 0 Å². The highest BCUT2D eigenvalue weighted by Gasteiger charge is 2.26. The molecule has 1 unspecified atom stereocenters. The number of carbonyl (C=O) groups is 2. The third-order valence-electron chi connectivity index (χ3n) is 2.25. The van der Waals surface area contributed by atoms with Crippen molar-refractivity contribution in [3.63, 3.8) is 0 Å². The van der Waals surface area contributed by atoms with Crippen LogP contribution in [0.25, 0.3) is 0 Å². The minimum Gasteiger partial charge on any atom is -0.481 e. The second-order valence-electron chi connectivity index (χ2n) is 3.60. The molecule has 0 heterocycles. The number of carboxylic acids is 1. The normalized spacial score (nSPS) is 12.5. The molecule has 0 aliphatic rings. The van der Waals surface area contributed by atoms with Gasteiger partial charge in [-0.3, -0.25) is 9.59 Å². The Morgan fingerprint density at radius 1 is 1.25 bits per heavy atom. The van der Waals surface area contributed by atoms with Crippen molar-refractivity contribution in [1.82, 2.24) is 5.32 Å². The minimum absolute atomic E-state index is 0.265. The lowest BCUT2D eigenvalue weighted by molar-refractivity contribution is -0.147. The van der Waals surface area contributed by atoms with Gasteiger partial charge in [-0.25, -0.2) is 0 Å². The summed E-state index contributed by atoms with van der Waals surface area (Å²) in [5, 5.41) is 28.6. The number of rotatable bonds is 8. The van der Waals surface area contributed by atoms with E-state index in [4.69, 9.17) is 15.3 Å². The zero-order valence-corrected chi connectivity index (χ0v) is 9.35. The molecule has 6 nitrogen and oxygen atoms in total. The quantitative estimate of drug-likeness (QED) is 0.417. The molecular formula is C10H19NO5. The molecule has 0 saturated carbocycles. The van der Waals surface area contributed by atoms with Crippen LogP contribution in [0.3, 0.4) is 0 Å². The number of aliphatic carboxylic acids is 1. The fourth-order valence-electron chi connectivity index (χ4n) is 1.23. The maximum atomic E-state index is 11.5. The van der Waals surface area contributed by atoms with Crippen LogP contribution in [0.15, 0.2) is 0 Å². The molecule has 0 fully saturated rings. The molecule has 0 bridgehead atoms. The van der Waals surface area contributed by atoms with Crippen molar-refractivity contribution in [2.45, 2.75) is 32.2 Å². The summed E-state index contributed by atoms with van der Waals surface area (Å²) in [6, 6.07) is -0.795. The predicted molar refractivity (Wildman–Crippen MR) is 56.8 cm³/mol. The molecular weight excluding hydrogens is 214 g/mol. The van der Waals surface area contributed by atoms with E-state index in [9.17, 15) is 9.59 Å². The van der Waals surface area contributed by atoms with Crippen LogP contribution in [0.5, 0.6) is 0 Å². The van der Waals surface area contributed by atoms with Crippen molar-refractivity contribution in [2.24, 2.45) is 5.92 Å². The Hall–Kier alpha value is -1.14. The second kappa shape index (κ2) is 8.06. The van der Waals surface area contributed by atoms with Gasteiger partial charge in [0, 0.05) is 0 Å². The van der Waals surface area contributed by atoms with Crippen LogP contribution in [0.4, 0.5) is 0 Å². The largest absolute Gasteiger partial charge is 0.481 e. The first-order valence-electron chi connectivity index (χ1n) is 5.31. The van der Waals surface area contributed by atoms with Crippen molar-refractivity contribution in [1.29, 1.82) is 0 Å². The third kappa shape index (κ3) is 5.09. The molecule has 0 aromatic rings. The lowest BCUT2D eigenvalue weighted by atomic mass is 10.0. The highest BCUT2D eigenvalue weighted by atomic mass is 16.4. The standard InChI is InChI=1S/C10H19NO5/c1-2-3-4-8(10(15)16)9(14)11-7(5-12)6-13/h7-8,12-13H,2-6H2,1H3,(H,11,14)(H,15,16). The molecule has 0 saturated heterocycles. The van der Waals surface area contributed by atoms with Gasteiger partial charge >= 0.3 is 5.97 Å². The van der Waals surface area contributed by atoms with Crippen molar-refractivity contribution < 1.29 is 24.9 Å². The second-order valence-corrected chi connectivity index (χ2v) is 3.60. The minimum atomic E-state index is -1.18. The zero-order chi connectivity index (χ0) is 12.6. The predicted octanol–water partition coefficient (Wildman–Crippen LogP) is -0.653. The number of hydrogen-bond acceptors (Lipinski definition) is 4. The van der Waals surface area contributed by atoms with Gasteiger partial charge in [-0.2, -0.15) is 0 Å². The maximum absolute atomic E-state index is 11.5. The van der Waals surface area contributed by atoms with E-state index in [1.54, 1.807) is 0 Å². The van der Waals surface area contributed by atoms with Gasteiger partial charge in [0.25, 0.3) is 0 Å². The highest BCUT2D eigenvalue weighted by molar-refractivity contribution is 5.97. The summed E-state index contributed by atoms with van der Waals surface area (Å²) in [5.41, 5.74) is 0. The molecule has 0 rings (SSSR count). The van der Waals surface area contributed by atoms with Crippen LogP contribution in [0, 0.1) is 5.92 Å². The van der Waals surface area contributed by atoms with Gasteiger partial charge < -0.3 is 20.6 Å². The molecule has 0 radical (unpaired) electrons. The monoisotopic (exact) mass is 233 g/mol. The van der Waals surface area contributed by atoms with Crippen LogP contribution >= 0.6 is 0 Å². The molecule has 1 amide bonds. The third-order valence-corrected chi connectivity index (χ3v) is 2.25. The van der Waals surface area contributed by atoms with E-state index < -0.39 is 37.0 Å². The molecule has 16 heavy (non-hydrogen) atoms. The number of nitrogens with one attached hydrogen (secondary N) is 1. The topological polar surface area (TPSA) is 107 Å². The highest BCUT2D eigenvalue weighted by Crippen LogP contribution is 2.09. The van der Waals surface area contributed by atoms with Crippen molar-refractivity contribution in [3.05, 3.63) is 0 Å². The zero-order valence-electron chi connectivity index (χ0n) is 9.35. The molecule has 94 valence electrons. The SMILES string of the molecule is CCCCC(C(=O)O)C(=O)NC(CO)CO. The molecule has 0 aromatic carbocycles. The van der Waals surface area contributed by atoms with Gasteiger partial charge in [-0.05, 0) is 6.42 Å². The van der Waals surface area contributed by atoms with Crippen LogP contribution < -0.4 is 5.32 Å². The Bertz CT molecular complexity index is 227. The fraction of sp³-hybridized carbons (Fsp3) is 0.800. The van der Waals surface area contributed by atoms with Gasteiger partial charge in [0.1, 0.15) is 5.92 Å². The first kappa shape index (κ1) is 14.9. The van der Waals surface area contributed by atoms with Crippen LogP contribution in [0.1, 0.15) is 26.2 Å². The number of amides is 1. The average molecular weight is 233 g/mol. The van der Waals surface area contributed by atoms with Gasteiger partial charge in [0.05, 0.1) is 19.3 Å². The number of unbranched alkanes of at least 4 members (excludes halogenated alkanes) is 1. The molecule has 0 aliphatic carbocycles. The lowest BCUT2D eigenvalue weighted by Crippen LogP contribution is -2.45. The number of aliphatic hydroxyl groups is 2.